The summed E-state index contributed by atoms with van der Waals surface area (Å²) in [5, 5.41) is 3.41. The molecule has 0 aliphatic carbocycles. The second-order valence-corrected chi connectivity index (χ2v) is 5.61. The van der Waals surface area contributed by atoms with Crippen LogP contribution in [0.3, 0.4) is 0 Å². The lowest BCUT2D eigenvalue weighted by Crippen LogP contribution is -2.63. The first-order valence-electron chi connectivity index (χ1n) is 6.24. The van der Waals surface area contributed by atoms with Gasteiger partial charge in [0.1, 0.15) is 0 Å². The number of ether oxygens (including phenoxy) is 1. The normalized spacial score (nSPS) is 23.3. The van der Waals surface area contributed by atoms with Crippen LogP contribution in [0.15, 0.2) is 0 Å². The van der Waals surface area contributed by atoms with Gasteiger partial charge in [0.25, 0.3) is 0 Å². The Hall–Kier alpha value is -0.770. The molecule has 0 bridgehead atoms. The monoisotopic (exact) mass is 226 g/mol. The van der Waals surface area contributed by atoms with Gasteiger partial charge in [0.15, 0.2) is 0 Å². The molecule has 0 aromatic rings. The minimum absolute atomic E-state index is 0.134. The lowest BCUT2D eigenvalue weighted by atomic mass is 9.74. The van der Waals surface area contributed by atoms with Gasteiger partial charge in [-0.15, -0.1) is 0 Å². The fourth-order valence-corrected chi connectivity index (χ4v) is 2.52. The second-order valence-electron chi connectivity index (χ2n) is 5.61. The zero-order chi connectivity index (χ0) is 11.6. The Morgan fingerprint density at radius 3 is 2.81 bits per heavy atom. The summed E-state index contributed by atoms with van der Waals surface area (Å²) >= 11 is 0. The van der Waals surface area contributed by atoms with Gasteiger partial charge in [-0.1, -0.05) is 13.8 Å². The molecular formula is C12H22N2O2. The molecule has 92 valence electrons. The summed E-state index contributed by atoms with van der Waals surface area (Å²) in [5.74, 6) is 0.413. The zero-order valence-corrected chi connectivity index (χ0v) is 10.3. The first kappa shape index (κ1) is 11.7. The van der Waals surface area contributed by atoms with E-state index in [0.29, 0.717) is 17.9 Å². The number of rotatable bonds is 2. The lowest BCUT2D eigenvalue weighted by Gasteiger charge is -2.51. The number of nitrogens with one attached hydrogen (secondary N) is 1. The number of hydrogen-bond donors (Lipinski definition) is 1. The van der Waals surface area contributed by atoms with E-state index in [2.05, 4.69) is 19.2 Å². The van der Waals surface area contributed by atoms with E-state index in [9.17, 15) is 4.79 Å². The molecule has 2 fully saturated rings. The fraction of sp³-hybridized carbons (Fsp3) is 0.917. The van der Waals surface area contributed by atoms with Crippen LogP contribution in [-0.2, 0) is 4.74 Å². The van der Waals surface area contributed by atoms with Crippen LogP contribution < -0.4 is 5.32 Å². The third-order valence-corrected chi connectivity index (χ3v) is 3.41. The Labute approximate surface area is 97.3 Å². The van der Waals surface area contributed by atoms with Crippen molar-refractivity contribution >= 4 is 6.09 Å². The van der Waals surface area contributed by atoms with Gasteiger partial charge in [0.2, 0.25) is 0 Å². The van der Waals surface area contributed by atoms with E-state index in [0.717, 1.165) is 26.2 Å². The Balaban J connectivity index is 1.72. The third-order valence-electron chi connectivity index (χ3n) is 3.41. The van der Waals surface area contributed by atoms with E-state index in [1.807, 2.05) is 4.90 Å². The Bertz CT molecular complexity index is 252. The predicted molar refractivity (Wildman–Crippen MR) is 62.3 cm³/mol. The Morgan fingerprint density at radius 2 is 2.25 bits per heavy atom. The average Bonchev–Trinajstić information content (AvgIpc) is 2.23. The summed E-state index contributed by atoms with van der Waals surface area (Å²) in [6, 6.07) is 0. The molecule has 4 heteroatoms. The van der Waals surface area contributed by atoms with E-state index in [1.54, 1.807) is 0 Å². The molecule has 0 aromatic carbocycles. The lowest BCUT2D eigenvalue weighted by molar-refractivity contribution is -0.0193. The first-order chi connectivity index (χ1) is 7.61. The quantitative estimate of drug-likeness (QED) is 0.775. The highest BCUT2D eigenvalue weighted by Crippen LogP contribution is 2.36. The van der Waals surface area contributed by atoms with Crippen molar-refractivity contribution in [1.82, 2.24) is 10.2 Å². The van der Waals surface area contributed by atoms with Crippen molar-refractivity contribution in [3.05, 3.63) is 0 Å². The summed E-state index contributed by atoms with van der Waals surface area (Å²) in [4.78, 5) is 13.5. The molecule has 0 saturated carbocycles. The molecule has 2 heterocycles. The summed E-state index contributed by atoms with van der Waals surface area (Å²) in [5.41, 5.74) is 0.356. The topological polar surface area (TPSA) is 41.6 Å². The summed E-state index contributed by atoms with van der Waals surface area (Å²) in [6.07, 6.45) is 2.34. The van der Waals surface area contributed by atoms with Crippen molar-refractivity contribution < 1.29 is 9.53 Å². The van der Waals surface area contributed by atoms with Crippen LogP contribution in [-0.4, -0.2) is 43.8 Å². The van der Waals surface area contributed by atoms with E-state index >= 15 is 0 Å². The highest BCUT2D eigenvalue weighted by molar-refractivity contribution is 5.69. The van der Waals surface area contributed by atoms with Gasteiger partial charge < -0.3 is 15.0 Å². The Morgan fingerprint density at radius 1 is 1.50 bits per heavy atom. The smallest absolute Gasteiger partial charge is 0.409 e. The number of nitrogens with zero attached hydrogens (tertiary/aromatic N) is 1. The maximum absolute atomic E-state index is 11.6. The minimum atomic E-state index is -0.134. The van der Waals surface area contributed by atoms with E-state index in [-0.39, 0.29) is 6.09 Å². The molecule has 2 aliphatic heterocycles. The van der Waals surface area contributed by atoms with E-state index in [4.69, 9.17) is 4.74 Å². The van der Waals surface area contributed by atoms with Crippen molar-refractivity contribution in [2.45, 2.75) is 26.7 Å². The van der Waals surface area contributed by atoms with Crippen molar-refractivity contribution in [3.8, 4) is 0 Å². The van der Waals surface area contributed by atoms with Crippen LogP contribution in [0, 0.1) is 11.3 Å². The van der Waals surface area contributed by atoms with Crippen molar-refractivity contribution in [3.63, 3.8) is 0 Å². The molecule has 4 nitrogen and oxygen atoms in total. The number of likely N-dealkylation sites (tertiary alicyclic amines) is 1. The number of hydrogen-bond acceptors (Lipinski definition) is 3. The van der Waals surface area contributed by atoms with Crippen molar-refractivity contribution in [2.75, 3.05) is 32.8 Å². The summed E-state index contributed by atoms with van der Waals surface area (Å²) in [6.45, 7) is 8.56. The number of carbonyl (C=O) groups is 1. The van der Waals surface area contributed by atoms with Crippen LogP contribution in [0.1, 0.15) is 26.7 Å². The van der Waals surface area contributed by atoms with Crippen LogP contribution in [0.25, 0.3) is 0 Å². The summed E-state index contributed by atoms with van der Waals surface area (Å²) in [7, 11) is 0. The molecule has 0 radical (unpaired) electrons. The van der Waals surface area contributed by atoms with Crippen LogP contribution in [0.5, 0.6) is 0 Å². The minimum Gasteiger partial charge on any atom is -0.449 e. The number of carbonyl (C=O) groups excluding carboxylic acids is 1. The Kier molecular flexibility index (Phi) is 3.38. The van der Waals surface area contributed by atoms with Gasteiger partial charge in [-0.2, -0.15) is 0 Å². The molecule has 0 atom stereocenters. The molecule has 1 amide bonds. The van der Waals surface area contributed by atoms with E-state index < -0.39 is 0 Å². The van der Waals surface area contributed by atoms with E-state index in [1.165, 1.54) is 12.8 Å². The average molecular weight is 226 g/mol. The van der Waals surface area contributed by atoms with Crippen LogP contribution in [0.4, 0.5) is 4.79 Å². The van der Waals surface area contributed by atoms with Gasteiger partial charge >= 0.3 is 6.09 Å². The molecule has 2 saturated heterocycles. The second kappa shape index (κ2) is 4.62. The fourth-order valence-electron chi connectivity index (χ4n) is 2.52. The highest BCUT2D eigenvalue weighted by Gasteiger charge is 2.46. The molecule has 1 spiro atoms. The van der Waals surface area contributed by atoms with Gasteiger partial charge in [0, 0.05) is 25.0 Å². The standard InChI is InChI=1S/C12H22N2O2/c1-10(2)6-16-11(15)14-8-12(9-14)4-3-5-13-7-12/h10,13H,3-9H2,1-2H3. The predicted octanol–water partition coefficient (Wildman–Crippen LogP) is 1.46. The molecule has 2 rings (SSSR count). The molecule has 16 heavy (non-hydrogen) atoms. The number of amides is 1. The van der Waals surface area contributed by atoms with Gasteiger partial charge in [-0.05, 0) is 25.3 Å². The van der Waals surface area contributed by atoms with Crippen LogP contribution >= 0.6 is 0 Å². The van der Waals surface area contributed by atoms with Gasteiger partial charge in [0.05, 0.1) is 6.61 Å². The zero-order valence-electron chi connectivity index (χ0n) is 10.3. The largest absolute Gasteiger partial charge is 0.449 e. The molecular weight excluding hydrogens is 204 g/mol. The maximum atomic E-state index is 11.6. The van der Waals surface area contributed by atoms with Crippen LogP contribution in [0.2, 0.25) is 0 Å². The number of piperidine rings is 1. The molecule has 0 unspecified atom stereocenters. The third kappa shape index (κ3) is 2.48. The van der Waals surface area contributed by atoms with Crippen molar-refractivity contribution in [2.24, 2.45) is 11.3 Å². The SMILES string of the molecule is CC(C)COC(=O)N1CC2(CCCNC2)C1. The maximum Gasteiger partial charge on any atom is 0.409 e. The molecule has 1 N–H and O–H groups in total. The van der Waals surface area contributed by atoms with Gasteiger partial charge in [-0.3, -0.25) is 0 Å². The summed E-state index contributed by atoms with van der Waals surface area (Å²) < 4.78 is 5.21. The molecule has 2 aliphatic rings. The first-order valence-corrected chi connectivity index (χ1v) is 6.24. The highest BCUT2D eigenvalue weighted by atomic mass is 16.6. The molecule has 0 aromatic heterocycles. The van der Waals surface area contributed by atoms with Gasteiger partial charge in [-0.25, -0.2) is 4.79 Å². The van der Waals surface area contributed by atoms with Crippen molar-refractivity contribution in [1.29, 1.82) is 0 Å².